The van der Waals surface area contributed by atoms with Crippen LogP contribution in [0.3, 0.4) is 0 Å². The number of thioether (sulfide) groups is 1. The van der Waals surface area contributed by atoms with Gasteiger partial charge < -0.3 is 14.7 Å². The van der Waals surface area contributed by atoms with E-state index in [9.17, 15) is 0 Å². The molecular weight excluding hydrogens is 264 g/mol. The summed E-state index contributed by atoms with van der Waals surface area (Å²) in [6, 6.07) is 5.45. The Morgan fingerprint density at radius 3 is 2.89 bits per heavy atom. The topological polar surface area (TPSA) is 91.0 Å². The molecule has 0 saturated heterocycles. The third-order valence-electron chi connectivity index (χ3n) is 2.37. The highest BCUT2D eigenvalue weighted by atomic mass is 32.2. The van der Waals surface area contributed by atoms with Gasteiger partial charge in [0.2, 0.25) is 5.76 Å². The number of nitrogen functional groups attached to an aromatic ring is 1. The third-order valence-corrected chi connectivity index (χ3v) is 3.40. The first-order chi connectivity index (χ1) is 9.33. The largest absolute Gasteiger partial charge is 0.461 e. The van der Waals surface area contributed by atoms with Crippen molar-refractivity contribution in [3.63, 3.8) is 0 Å². The predicted octanol–water partition coefficient (Wildman–Crippen LogP) is 2.60. The fourth-order valence-electron chi connectivity index (χ4n) is 1.50. The average Bonchev–Trinajstić information content (AvgIpc) is 3.09. The molecule has 3 aromatic heterocycles. The minimum Gasteiger partial charge on any atom is -0.461 e. The summed E-state index contributed by atoms with van der Waals surface area (Å²) in [5.74, 6) is 2.28. The molecule has 0 spiro atoms. The molecule has 0 bridgehead atoms. The Kier molecular flexibility index (Phi) is 3.20. The molecule has 6 nitrogen and oxygen atoms in total. The SMILES string of the molecule is Nc1nccnc1SCc1cc(-c2ccco2)on1. The summed E-state index contributed by atoms with van der Waals surface area (Å²) in [6.45, 7) is 0. The molecule has 3 heterocycles. The minimum atomic E-state index is 0.419. The first kappa shape index (κ1) is 11.8. The molecule has 3 aromatic rings. The molecule has 0 aliphatic carbocycles. The number of nitrogens with two attached hydrogens (primary N) is 1. The molecule has 0 saturated carbocycles. The van der Waals surface area contributed by atoms with Crippen LogP contribution in [0.4, 0.5) is 5.82 Å². The molecule has 0 amide bonds. The number of nitrogens with zero attached hydrogens (tertiary/aromatic N) is 3. The van der Waals surface area contributed by atoms with Gasteiger partial charge in [0.05, 0.1) is 12.0 Å². The molecule has 7 heteroatoms. The molecular formula is C12H10N4O2S. The van der Waals surface area contributed by atoms with Gasteiger partial charge in [-0.2, -0.15) is 0 Å². The van der Waals surface area contributed by atoms with Crippen LogP contribution in [0.15, 0.2) is 50.8 Å². The second-order valence-electron chi connectivity index (χ2n) is 3.70. The second-order valence-corrected chi connectivity index (χ2v) is 4.66. The molecule has 19 heavy (non-hydrogen) atoms. The molecule has 0 aliphatic rings. The summed E-state index contributed by atoms with van der Waals surface area (Å²) in [6.07, 6.45) is 4.76. The van der Waals surface area contributed by atoms with Gasteiger partial charge in [-0.3, -0.25) is 0 Å². The highest BCUT2D eigenvalue weighted by Gasteiger charge is 2.10. The van der Waals surface area contributed by atoms with Crippen molar-refractivity contribution in [3.05, 3.63) is 42.5 Å². The van der Waals surface area contributed by atoms with Crippen molar-refractivity contribution in [3.8, 4) is 11.5 Å². The van der Waals surface area contributed by atoms with Gasteiger partial charge in [-0.05, 0) is 12.1 Å². The number of furan rings is 1. The van der Waals surface area contributed by atoms with Crippen LogP contribution in [0.5, 0.6) is 0 Å². The minimum absolute atomic E-state index is 0.419. The summed E-state index contributed by atoms with van der Waals surface area (Å²) in [5, 5.41) is 4.66. The van der Waals surface area contributed by atoms with Crippen molar-refractivity contribution in [1.82, 2.24) is 15.1 Å². The molecule has 0 aliphatic heterocycles. The van der Waals surface area contributed by atoms with Crippen LogP contribution in [0.25, 0.3) is 11.5 Å². The lowest BCUT2D eigenvalue weighted by molar-refractivity contribution is 0.413. The van der Waals surface area contributed by atoms with Gasteiger partial charge >= 0.3 is 0 Å². The van der Waals surface area contributed by atoms with Crippen LogP contribution >= 0.6 is 11.8 Å². The Bertz CT molecular complexity index is 666. The Hall–Kier alpha value is -2.28. The highest BCUT2D eigenvalue weighted by Crippen LogP contribution is 2.26. The van der Waals surface area contributed by atoms with Gasteiger partial charge in [0.1, 0.15) is 5.03 Å². The molecule has 2 N–H and O–H groups in total. The molecule has 0 unspecified atom stereocenters. The average molecular weight is 274 g/mol. The lowest BCUT2D eigenvalue weighted by Crippen LogP contribution is -1.94. The quantitative estimate of drug-likeness (QED) is 0.731. The second kappa shape index (κ2) is 5.15. The number of hydrogen-bond donors (Lipinski definition) is 1. The van der Waals surface area contributed by atoms with Crippen molar-refractivity contribution in [2.45, 2.75) is 10.8 Å². The summed E-state index contributed by atoms with van der Waals surface area (Å²) in [5.41, 5.74) is 6.51. The smallest absolute Gasteiger partial charge is 0.202 e. The summed E-state index contributed by atoms with van der Waals surface area (Å²) in [4.78, 5) is 8.12. The molecule has 96 valence electrons. The first-order valence-corrected chi connectivity index (χ1v) is 6.50. The molecule has 0 atom stereocenters. The zero-order chi connectivity index (χ0) is 13.1. The summed E-state index contributed by atoms with van der Waals surface area (Å²) >= 11 is 1.46. The van der Waals surface area contributed by atoms with E-state index in [0.29, 0.717) is 28.1 Å². The van der Waals surface area contributed by atoms with E-state index in [2.05, 4.69) is 15.1 Å². The van der Waals surface area contributed by atoms with Crippen molar-refractivity contribution >= 4 is 17.6 Å². The van der Waals surface area contributed by atoms with Crippen LogP contribution in [0.2, 0.25) is 0 Å². The molecule has 0 radical (unpaired) electrons. The van der Waals surface area contributed by atoms with E-state index in [1.165, 1.54) is 11.8 Å². The van der Waals surface area contributed by atoms with Gasteiger partial charge in [-0.1, -0.05) is 16.9 Å². The van der Waals surface area contributed by atoms with Crippen molar-refractivity contribution in [2.24, 2.45) is 0 Å². The van der Waals surface area contributed by atoms with Gasteiger partial charge in [-0.25, -0.2) is 9.97 Å². The van der Waals surface area contributed by atoms with Gasteiger partial charge in [0.15, 0.2) is 11.6 Å². The summed E-state index contributed by atoms with van der Waals surface area (Å²) < 4.78 is 10.4. The van der Waals surface area contributed by atoms with Crippen LogP contribution in [0.1, 0.15) is 5.69 Å². The van der Waals surface area contributed by atoms with E-state index >= 15 is 0 Å². The maximum absolute atomic E-state index is 5.71. The van der Waals surface area contributed by atoms with E-state index in [4.69, 9.17) is 14.7 Å². The number of anilines is 1. The van der Waals surface area contributed by atoms with E-state index < -0.39 is 0 Å². The van der Waals surface area contributed by atoms with Crippen LogP contribution in [-0.2, 0) is 5.75 Å². The van der Waals surface area contributed by atoms with E-state index in [0.717, 1.165) is 5.69 Å². The van der Waals surface area contributed by atoms with Gasteiger partial charge in [0.25, 0.3) is 0 Å². The zero-order valence-electron chi connectivity index (χ0n) is 9.81. The molecule has 0 aromatic carbocycles. The fourth-order valence-corrected chi connectivity index (χ4v) is 2.26. The summed E-state index contributed by atoms with van der Waals surface area (Å²) in [7, 11) is 0. The fraction of sp³-hybridized carbons (Fsp3) is 0.0833. The van der Waals surface area contributed by atoms with Crippen molar-refractivity contribution in [1.29, 1.82) is 0 Å². The Morgan fingerprint density at radius 1 is 1.21 bits per heavy atom. The predicted molar refractivity (Wildman–Crippen MR) is 70.2 cm³/mol. The zero-order valence-corrected chi connectivity index (χ0v) is 10.6. The standard InChI is InChI=1S/C12H10N4O2S/c13-11-12(15-4-3-14-11)19-7-8-6-10(18-16-8)9-2-1-5-17-9/h1-6H,7H2,(H2,13,14). The monoisotopic (exact) mass is 274 g/mol. The Balaban J connectivity index is 1.70. The van der Waals surface area contributed by atoms with E-state index in [1.54, 1.807) is 24.7 Å². The first-order valence-electron chi connectivity index (χ1n) is 5.51. The normalized spacial score (nSPS) is 10.7. The molecule has 3 rings (SSSR count). The van der Waals surface area contributed by atoms with Gasteiger partial charge in [0, 0.05) is 24.2 Å². The van der Waals surface area contributed by atoms with Crippen LogP contribution in [0, 0.1) is 0 Å². The third kappa shape index (κ3) is 2.60. The molecule has 0 fully saturated rings. The van der Waals surface area contributed by atoms with Crippen molar-refractivity contribution in [2.75, 3.05) is 5.73 Å². The van der Waals surface area contributed by atoms with Gasteiger partial charge in [-0.15, -0.1) is 0 Å². The lowest BCUT2D eigenvalue weighted by atomic mass is 10.3. The number of hydrogen-bond acceptors (Lipinski definition) is 7. The van der Waals surface area contributed by atoms with E-state index in [1.807, 2.05) is 12.1 Å². The maximum Gasteiger partial charge on any atom is 0.202 e. The highest BCUT2D eigenvalue weighted by molar-refractivity contribution is 7.98. The van der Waals surface area contributed by atoms with E-state index in [-0.39, 0.29) is 0 Å². The number of rotatable bonds is 4. The number of aromatic nitrogens is 3. The van der Waals surface area contributed by atoms with Crippen molar-refractivity contribution < 1.29 is 8.94 Å². The Labute approximate surface area is 113 Å². The van der Waals surface area contributed by atoms with Crippen LogP contribution < -0.4 is 5.73 Å². The maximum atomic E-state index is 5.71. The van der Waals surface area contributed by atoms with Crippen LogP contribution in [-0.4, -0.2) is 15.1 Å². The lowest BCUT2D eigenvalue weighted by Gasteiger charge is -1.99. The Morgan fingerprint density at radius 2 is 2.11 bits per heavy atom.